The zero-order valence-electron chi connectivity index (χ0n) is 14.5. The number of halogens is 1. The van der Waals surface area contributed by atoms with Gasteiger partial charge < -0.3 is 5.32 Å². The van der Waals surface area contributed by atoms with Gasteiger partial charge in [0.25, 0.3) is 5.91 Å². The molecule has 1 aliphatic heterocycles. The Balaban J connectivity index is 1.76. The maximum absolute atomic E-state index is 13.0. The molecule has 1 saturated heterocycles. The Kier molecular flexibility index (Phi) is 5.65. The van der Waals surface area contributed by atoms with Gasteiger partial charge in [-0.05, 0) is 49.6 Å². The minimum atomic E-state index is -3.65. The summed E-state index contributed by atoms with van der Waals surface area (Å²) in [5.74, 6) is -0.186. The third kappa shape index (κ3) is 3.92. The Hall–Kier alpha value is -1.89. The number of amides is 1. The molecule has 1 amide bonds. The fourth-order valence-corrected chi connectivity index (χ4v) is 5.14. The second-order valence-corrected chi connectivity index (χ2v) is 8.72. The zero-order valence-corrected chi connectivity index (χ0v) is 16.1. The molecule has 7 heteroatoms. The van der Waals surface area contributed by atoms with Crippen molar-refractivity contribution < 1.29 is 13.2 Å². The molecule has 0 saturated carbocycles. The molecule has 5 nitrogen and oxygen atoms in total. The second kappa shape index (κ2) is 7.78. The van der Waals surface area contributed by atoms with Crippen LogP contribution in [0.25, 0.3) is 0 Å². The van der Waals surface area contributed by atoms with Crippen molar-refractivity contribution in [2.24, 2.45) is 0 Å². The molecule has 26 heavy (non-hydrogen) atoms. The Morgan fingerprint density at radius 3 is 2.62 bits per heavy atom. The van der Waals surface area contributed by atoms with Crippen LogP contribution in [0.5, 0.6) is 0 Å². The molecule has 0 aromatic heterocycles. The van der Waals surface area contributed by atoms with Crippen LogP contribution in [0.1, 0.15) is 28.8 Å². The highest BCUT2D eigenvalue weighted by atomic mass is 35.5. The van der Waals surface area contributed by atoms with Crippen LogP contribution in [0.15, 0.2) is 53.4 Å². The average molecular weight is 393 g/mol. The van der Waals surface area contributed by atoms with Crippen molar-refractivity contribution >= 4 is 27.5 Å². The van der Waals surface area contributed by atoms with Gasteiger partial charge in [0.2, 0.25) is 10.0 Å². The number of nitrogens with zero attached hydrogens (tertiary/aromatic N) is 1. The van der Waals surface area contributed by atoms with Gasteiger partial charge in [-0.25, -0.2) is 8.42 Å². The van der Waals surface area contributed by atoms with E-state index in [2.05, 4.69) is 5.32 Å². The first-order chi connectivity index (χ1) is 12.4. The second-order valence-electron chi connectivity index (χ2n) is 6.40. The van der Waals surface area contributed by atoms with Crippen LogP contribution in [-0.4, -0.2) is 37.8 Å². The molecular formula is C19H21ClN2O3S. The van der Waals surface area contributed by atoms with E-state index in [9.17, 15) is 13.2 Å². The molecule has 2 aromatic rings. The van der Waals surface area contributed by atoms with Gasteiger partial charge in [-0.3, -0.25) is 4.79 Å². The van der Waals surface area contributed by atoms with Gasteiger partial charge in [-0.15, -0.1) is 0 Å². The molecule has 1 atom stereocenters. The molecule has 2 aromatic carbocycles. The van der Waals surface area contributed by atoms with Crippen LogP contribution in [0.3, 0.4) is 0 Å². The van der Waals surface area contributed by atoms with Crippen LogP contribution in [0.4, 0.5) is 0 Å². The molecular weight excluding hydrogens is 372 g/mol. The molecule has 1 unspecified atom stereocenters. The molecule has 0 bridgehead atoms. The summed E-state index contributed by atoms with van der Waals surface area (Å²) in [6.07, 6.45) is 1.44. The van der Waals surface area contributed by atoms with Gasteiger partial charge in [0, 0.05) is 29.7 Å². The van der Waals surface area contributed by atoms with E-state index in [1.807, 2.05) is 6.07 Å². The van der Waals surface area contributed by atoms with Crippen LogP contribution < -0.4 is 5.32 Å². The minimum absolute atomic E-state index is 0.186. The molecule has 1 heterocycles. The predicted octanol–water partition coefficient (Wildman–Crippen LogP) is 3.23. The summed E-state index contributed by atoms with van der Waals surface area (Å²) in [5, 5.41) is 3.37. The molecule has 1 aliphatic rings. The third-order valence-electron chi connectivity index (χ3n) is 4.59. The summed E-state index contributed by atoms with van der Waals surface area (Å²) in [7, 11) is -3.65. The van der Waals surface area contributed by atoms with Crippen molar-refractivity contribution in [3.05, 3.63) is 64.7 Å². The average Bonchev–Trinajstić information content (AvgIpc) is 2.65. The number of carbonyl (C=O) groups excluding carboxylic acids is 1. The highest BCUT2D eigenvalue weighted by Crippen LogP contribution is 2.27. The van der Waals surface area contributed by atoms with Gasteiger partial charge in [0.05, 0.1) is 4.90 Å². The van der Waals surface area contributed by atoms with E-state index in [0.29, 0.717) is 29.1 Å². The fraction of sp³-hybridized carbons (Fsp3) is 0.316. The third-order valence-corrected chi connectivity index (χ3v) is 7.01. The van der Waals surface area contributed by atoms with E-state index in [0.717, 1.165) is 6.42 Å². The topological polar surface area (TPSA) is 66.5 Å². The highest BCUT2D eigenvalue weighted by Gasteiger charge is 2.32. The summed E-state index contributed by atoms with van der Waals surface area (Å²) < 4.78 is 27.5. The van der Waals surface area contributed by atoms with E-state index in [4.69, 9.17) is 11.6 Å². The van der Waals surface area contributed by atoms with Crippen molar-refractivity contribution in [1.82, 2.24) is 9.62 Å². The Labute approximate surface area is 159 Å². The molecule has 0 aliphatic carbocycles. The summed E-state index contributed by atoms with van der Waals surface area (Å²) in [4.78, 5) is 12.6. The smallest absolute Gasteiger partial charge is 0.251 e. The highest BCUT2D eigenvalue weighted by molar-refractivity contribution is 7.89. The predicted molar refractivity (Wildman–Crippen MR) is 102 cm³/mol. The maximum Gasteiger partial charge on any atom is 0.251 e. The number of rotatable bonds is 4. The van der Waals surface area contributed by atoms with Gasteiger partial charge in [-0.2, -0.15) is 4.31 Å². The first-order valence-corrected chi connectivity index (χ1v) is 10.3. The monoisotopic (exact) mass is 392 g/mol. The quantitative estimate of drug-likeness (QED) is 0.868. The van der Waals surface area contributed by atoms with Crippen LogP contribution >= 0.6 is 11.6 Å². The van der Waals surface area contributed by atoms with E-state index < -0.39 is 10.0 Å². The van der Waals surface area contributed by atoms with Gasteiger partial charge in [0.15, 0.2) is 0 Å². The molecule has 0 spiro atoms. The zero-order chi connectivity index (χ0) is 18.7. The lowest BCUT2D eigenvalue weighted by atomic mass is 10.1. The van der Waals surface area contributed by atoms with Crippen molar-refractivity contribution in [3.63, 3.8) is 0 Å². The lowest BCUT2D eigenvalue weighted by Crippen LogP contribution is -2.49. The lowest BCUT2D eigenvalue weighted by molar-refractivity contribution is 0.0921. The molecule has 0 radical (unpaired) electrons. The van der Waals surface area contributed by atoms with E-state index >= 15 is 0 Å². The Morgan fingerprint density at radius 1 is 1.15 bits per heavy atom. The number of benzene rings is 2. The van der Waals surface area contributed by atoms with Crippen LogP contribution in [0, 0.1) is 6.92 Å². The van der Waals surface area contributed by atoms with E-state index in [-0.39, 0.29) is 23.4 Å². The number of hydrogen-bond acceptors (Lipinski definition) is 3. The lowest BCUT2D eigenvalue weighted by Gasteiger charge is -2.32. The van der Waals surface area contributed by atoms with Gasteiger partial charge >= 0.3 is 0 Å². The normalized spacial score (nSPS) is 18.5. The fourth-order valence-electron chi connectivity index (χ4n) is 3.14. The van der Waals surface area contributed by atoms with Gasteiger partial charge in [0.1, 0.15) is 0 Å². The van der Waals surface area contributed by atoms with Gasteiger partial charge in [-0.1, -0.05) is 35.9 Å². The SMILES string of the molecule is Cc1c(Cl)cccc1S(=O)(=O)N1CCCC(NC(=O)c2ccccc2)C1. The summed E-state index contributed by atoms with van der Waals surface area (Å²) in [6.45, 7) is 2.40. The molecule has 138 valence electrons. The van der Waals surface area contributed by atoms with E-state index in [1.165, 1.54) is 4.31 Å². The summed E-state index contributed by atoms with van der Waals surface area (Å²) in [6, 6.07) is 13.6. The van der Waals surface area contributed by atoms with Crippen molar-refractivity contribution in [1.29, 1.82) is 0 Å². The van der Waals surface area contributed by atoms with E-state index in [1.54, 1.807) is 49.4 Å². The molecule has 1 fully saturated rings. The minimum Gasteiger partial charge on any atom is -0.348 e. The summed E-state index contributed by atoms with van der Waals surface area (Å²) in [5.41, 5.74) is 1.11. The number of nitrogens with one attached hydrogen (secondary N) is 1. The molecule has 3 rings (SSSR count). The first-order valence-electron chi connectivity index (χ1n) is 8.51. The summed E-state index contributed by atoms with van der Waals surface area (Å²) >= 11 is 6.08. The van der Waals surface area contributed by atoms with Crippen LogP contribution in [-0.2, 0) is 10.0 Å². The van der Waals surface area contributed by atoms with Crippen molar-refractivity contribution in [3.8, 4) is 0 Å². The number of piperidine rings is 1. The van der Waals surface area contributed by atoms with Crippen LogP contribution in [0.2, 0.25) is 5.02 Å². The number of carbonyl (C=O) groups is 1. The van der Waals surface area contributed by atoms with Crippen molar-refractivity contribution in [2.75, 3.05) is 13.1 Å². The standard InChI is InChI=1S/C19H21ClN2O3S/c1-14-17(20)10-5-11-18(14)26(24,25)22-12-6-9-16(13-22)21-19(23)15-7-3-2-4-8-15/h2-5,7-8,10-11,16H,6,9,12-13H2,1H3,(H,21,23). The Bertz CT molecular complexity index is 900. The first kappa shape index (κ1) is 18.9. The molecule has 1 N–H and O–H groups in total. The van der Waals surface area contributed by atoms with Crippen molar-refractivity contribution in [2.45, 2.75) is 30.7 Å². The largest absolute Gasteiger partial charge is 0.348 e. The maximum atomic E-state index is 13.0. The number of sulfonamides is 1. The Morgan fingerprint density at radius 2 is 1.88 bits per heavy atom. The number of hydrogen-bond donors (Lipinski definition) is 1.